The predicted molar refractivity (Wildman–Crippen MR) is 123 cm³/mol. The van der Waals surface area contributed by atoms with Crippen molar-refractivity contribution in [2.75, 3.05) is 60.0 Å². The van der Waals surface area contributed by atoms with E-state index >= 15 is 0 Å². The van der Waals surface area contributed by atoms with Gasteiger partial charge in [0.15, 0.2) is 5.96 Å². The molecule has 0 spiro atoms. The molecule has 1 saturated heterocycles. The highest BCUT2D eigenvalue weighted by atomic mass is 35.5. The number of guanidine groups is 1. The minimum atomic E-state index is -0.0355. The van der Waals surface area contributed by atoms with Gasteiger partial charge in [0.05, 0.1) is 12.6 Å². The normalized spacial score (nSPS) is 17.8. The Kier molecular flexibility index (Phi) is 10.4. The fourth-order valence-electron chi connectivity index (χ4n) is 3.49. The van der Waals surface area contributed by atoms with Crippen LogP contribution in [-0.2, 0) is 9.53 Å². The Morgan fingerprint density at radius 1 is 1.27 bits per heavy atom. The molecule has 1 aliphatic heterocycles. The zero-order chi connectivity index (χ0) is 21.9. The standard InChI is InChI=1S/C22H36ClN5O2/c1-5-28(6-2)20(18-9-7-8-10-19(18)23)14-25-22(26-15-21(29)27(3)4)24-13-17-11-12-30-16-17/h7-10,17,20H,5-6,11-16H2,1-4H3,(H2,24,25,26). The Bertz CT molecular complexity index is 688. The number of nitrogens with one attached hydrogen (secondary N) is 2. The molecule has 2 atom stereocenters. The van der Waals surface area contributed by atoms with E-state index in [2.05, 4.69) is 40.4 Å². The first kappa shape index (κ1) is 24.4. The Hall–Kier alpha value is -1.83. The number of nitrogens with zero attached hydrogens (tertiary/aromatic N) is 3. The Balaban J connectivity index is 2.12. The largest absolute Gasteiger partial charge is 0.381 e. The van der Waals surface area contributed by atoms with Crippen LogP contribution in [0.2, 0.25) is 5.02 Å². The first-order valence-corrected chi connectivity index (χ1v) is 11.1. The smallest absolute Gasteiger partial charge is 0.243 e. The van der Waals surface area contributed by atoms with Gasteiger partial charge in [-0.1, -0.05) is 43.6 Å². The molecule has 30 heavy (non-hydrogen) atoms. The van der Waals surface area contributed by atoms with Crippen molar-refractivity contribution in [1.29, 1.82) is 0 Å². The molecule has 168 valence electrons. The summed E-state index contributed by atoms with van der Waals surface area (Å²) in [5.41, 5.74) is 1.09. The van der Waals surface area contributed by atoms with E-state index in [0.717, 1.165) is 49.9 Å². The van der Waals surface area contributed by atoms with Gasteiger partial charge in [0, 0.05) is 44.7 Å². The number of hydrogen-bond donors (Lipinski definition) is 2. The minimum Gasteiger partial charge on any atom is -0.381 e. The number of aliphatic imine (C=N–C) groups is 1. The quantitative estimate of drug-likeness (QED) is 0.434. The summed E-state index contributed by atoms with van der Waals surface area (Å²) in [5, 5.41) is 7.59. The van der Waals surface area contributed by atoms with E-state index in [1.54, 1.807) is 19.0 Å². The second-order valence-corrected chi connectivity index (χ2v) is 8.11. The first-order valence-electron chi connectivity index (χ1n) is 10.7. The number of likely N-dealkylation sites (N-methyl/N-ethyl adjacent to an activating group) is 2. The summed E-state index contributed by atoms with van der Waals surface area (Å²) in [4.78, 5) is 20.5. The van der Waals surface area contributed by atoms with Crippen LogP contribution in [-0.4, -0.2) is 81.7 Å². The van der Waals surface area contributed by atoms with Gasteiger partial charge >= 0.3 is 0 Å². The van der Waals surface area contributed by atoms with Crippen LogP contribution < -0.4 is 10.6 Å². The van der Waals surface area contributed by atoms with Crippen LogP contribution in [0.1, 0.15) is 31.9 Å². The van der Waals surface area contributed by atoms with Crippen molar-refractivity contribution in [3.05, 3.63) is 34.9 Å². The third-order valence-corrected chi connectivity index (χ3v) is 5.78. The molecular weight excluding hydrogens is 402 g/mol. The molecule has 0 saturated carbocycles. The van der Waals surface area contributed by atoms with Gasteiger partial charge in [-0.3, -0.25) is 9.69 Å². The first-order chi connectivity index (χ1) is 14.5. The second-order valence-electron chi connectivity index (χ2n) is 7.70. The maximum atomic E-state index is 12.0. The Morgan fingerprint density at radius 2 is 2.00 bits per heavy atom. The average Bonchev–Trinajstić information content (AvgIpc) is 3.26. The molecule has 1 aromatic rings. The van der Waals surface area contributed by atoms with Gasteiger partial charge in [0.2, 0.25) is 5.91 Å². The van der Waals surface area contributed by atoms with Crippen LogP contribution >= 0.6 is 11.6 Å². The Morgan fingerprint density at radius 3 is 2.60 bits per heavy atom. The molecule has 1 heterocycles. The summed E-state index contributed by atoms with van der Waals surface area (Å²) < 4.78 is 5.47. The van der Waals surface area contributed by atoms with E-state index in [0.29, 0.717) is 18.4 Å². The van der Waals surface area contributed by atoms with Crippen molar-refractivity contribution in [3.63, 3.8) is 0 Å². The maximum Gasteiger partial charge on any atom is 0.243 e. The monoisotopic (exact) mass is 437 g/mol. The highest BCUT2D eigenvalue weighted by Gasteiger charge is 2.21. The molecule has 0 bridgehead atoms. The molecule has 1 aromatic carbocycles. The average molecular weight is 438 g/mol. The van der Waals surface area contributed by atoms with E-state index in [1.807, 2.05) is 18.2 Å². The number of benzene rings is 1. The molecule has 1 aliphatic rings. The van der Waals surface area contributed by atoms with Crippen molar-refractivity contribution in [2.45, 2.75) is 26.3 Å². The maximum absolute atomic E-state index is 12.0. The second kappa shape index (κ2) is 12.8. The molecule has 0 aliphatic carbocycles. The van der Waals surface area contributed by atoms with Crippen molar-refractivity contribution >= 4 is 23.5 Å². The van der Waals surface area contributed by atoms with E-state index in [1.165, 1.54) is 0 Å². The highest BCUT2D eigenvalue weighted by Crippen LogP contribution is 2.26. The SMILES string of the molecule is CCN(CC)C(CNC(=NCC(=O)N(C)C)NCC1CCOC1)c1ccccc1Cl. The molecule has 0 radical (unpaired) electrons. The minimum absolute atomic E-state index is 0.0355. The number of ether oxygens (including phenoxy) is 1. The lowest BCUT2D eigenvalue weighted by molar-refractivity contribution is -0.127. The van der Waals surface area contributed by atoms with Crippen LogP contribution in [0.4, 0.5) is 0 Å². The number of rotatable bonds is 10. The summed E-state index contributed by atoms with van der Waals surface area (Å²) in [6.07, 6.45) is 1.04. The summed E-state index contributed by atoms with van der Waals surface area (Å²) in [5.74, 6) is 1.07. The topological polar surface area (TPSA) is 69.2 Å². The highest BCUT2D eigenvalue weighted by molar-refractivity contribution is 6.31. The summed E-state index contributed by atoms with van der Waals surface area (Å²) >= 11 is 6.51. The molecule has 1 fully saturated rings. The molecule has 2 rings (SSSR count). The molecule has 0 aromatic heterocycles. The zero-order valence-corrected chi connectivity index (χ0v) is 19.4. The van der Waals surface area contributed by atoms with Crippen LogP contribution in [0.3, 0.4) is 0 Å². The van der Waals surface area contributed by atoms with Gasteiger partial charge in [-0.05, 0) is 31.1 Å². The summed E-state index contributed by atoms with van der Waals surface area (Å²) in [6, 6.07) is 8.06. The van der Waals surface area contributed by atoms with Gasteiger partial charge in [-0.25, -0.2) is 4.99 Å². The molecule has 2 unspecified atom stereocenters. The van der Waals surface area contributed by atoms with Gasteiger partial charge in [-0.2, -0.15) is 0 Å². The number of hydrogen-bond acceptors (Lipinski definition) is 4. The summed E-state index contributed by atoms with van der Waals surface area (Å²) in [6.45, 7) is 9.19. The number of amides is 1. The molecule has 2 N–H and O–H groups in total. The number of carbonyl (C=O) groups excluding carboxylic acids is 1. The summed E-state index contributed by atoms with van der Waals surface area (Å²) in [7, 11) is 3.48. The van der Waals surface area contributed by atoms with Gasteiger partial charge in [0.25, 0.3) is 0 Å². The van der Waals surface area contributed by atoms with Crippen LogP contribution in [0.5, 0.6) is 0 Å². The fraction of sp³-hybridized carbons (Fsp3) is 0.636. The van der Waals surface area contributed by atoms with Gasteiger partial charge < -0.3 is 20.3 Å². The van der Waals surface area contributed by atoms with Crippen LogP contribution in [0, 0.1) is 5.92 Å². The van der Waals surface area contributed by atoms with Gasteiger partial charge in [-0.15, -0.1) is 0 Å². The van der Waals surface area contributed by atoms with Crippen molar-refractivity contribution in [3.8, 4) is 0 Å². The lowest BCUT2D eigenvalue weighted by Crippen LogP contribution is -2.45. The molecule has 7 nitrogen and oxygen atoms in total. The predicted octanol–water partition coefficient (Wildman–Crippen LogP) is 2.38. The third-order valence-electron chi connectivity index (χ3n) is 5.43. The Labute approximate surface area is 185 Å². The van der Waals surface area contributed by atoms with Crippen molar-refractivity contribution in [2.24, 2.45) is 10.9 Å². The van der Waals surface area contributed by atoms with Crippen molar-refractivity contribution < 1.29 is 9.53 Å². The van der Waals surface area contributed by atoms with Crippen molar-refractivity contribution in [1.82, 2.24) is 20.4 Å². The lowest BCUT2D eigenvalue weighted by Gasteiger charge is -2.31. The van der Waals surface area contributed by atoms with Crippen LogP contribution in [0.15, 0.2) is 29.3 Å². The van der Waals surface area contributed by atoms with Gasteiger partial charge in [0.1, 0.15) is 6.54 Å². The molecular formula is C22H36ClN5O2. The molecule has 1 amide bonds. The third kappa shape index (κ3) is 7.45. The van der Waals surface area contributed by atoms with Crippen LogP contribution in [0.25, 0.3) is 0 Å². The van der Waals surface area contributed by atoms with E-state index < -0.39 is 0 Å². The lowest BCUT2D eigenvalue weighted by atomic mass is 10.0. The number of halogens is 1. The van der Waals surface area contributed by atoms with E-state index in [4.69, 9.17) is 16.3 Å². The van der Waals surface area contributed by atoms with E-state index in [-0.39, 0.29) is 18.5 Å². The fourth-order valence-corrected chi connectivity index (χ4v) is 3.75. The zero-order valence-electron chi connectivity index (χ0n) is 18.7. The molecule has 8 heteroatoms. The number of carbonyl (C=O) groups is 1. The van der Waals surface area contributed by atoms with E-state index in [9.17, 15) is 4.79 Å².